The van der Waals surface area contributed by atoms with Crippen molar-refractivity contribution in [3.63, 3.8) is 0 Å². The molecule has 2 aromatic carbocycles. The van der Waals surface area contributed by atoms with Gasteiger partial charge in [-0.2, -0.15) is 13.2 Å². The average Bonchev–Trinajstić information content (AvgIpc) is 3.32. The van der Waals surface area contributed by atoms with Crippen LogP contribution in [0, 0.1) is 0 Å². The maximum Gasteiger partial charge on any atom is 0.418 e. The molecule has 1 aliphatic rings. The van der Waals surface area contributed by atoms with Crippen molar-refractivity contribution in [2.24, 2.45) is 0 Å². The van der Waals surface area contributed by atoms with Gasteiger partial charge in [0.25, 0.3) is 5.91 Å². The van der Waals surface area contributed by atoms with E-state index in [2.05, 4.69) is 10.3 Å². The fraction of sp³-hybridized carbons (Fsp3) is 0.292. The lowest BCUT2D eigenvalue weighted by atomic mass is 10.1. The molecule has 10 heteroatoms. The quantitative estimate of drug-likeness (QED) is 0.599. The van der Waals surface area contributed by atoms with E-state index in [4.69, 9.17) is 0 Å². The zero-order valence-electron chi connectivity index (χ0n) is 18.3. The molecule has 3 aromatic rings. The second-order valence-electron chi connectivity index (χ2n) is 8.09. The van der Waals surface area contributed by atoms with E-state index >= 15 is 0 Å². The van der Waals surface area contributed by atoms with Crippen molar-refractivity contribution in [2.45, 2.75) is 12.7 Å². The number of benzene rings is 2. The lowest BCUT2D eigenvalue weighted by Gasteiger charge is -2.34. The van der Waals surface area contributed by atoms with Crippen molar-refractivity contribution in [3.05, 3.63) is 83.9 Å². The minimum absolute atomic E-state index is 0.0445. The highest BCUT2D eigenvalue weighted by molar-refractivity contribution is 5.94. The number of hydrogen-bond acceptors (Lipinski definition) is 4. The minimum Gasteiger partial charge on any atom is -0.336 e. The first kappa shape index (κ1) is 23.5. The smallest absolute Gasteiger partial charge is 0.336 e. The average molecular weight is 471 g/mol. The molecule has 0 saturated carbocycles. The number of para-hydroxylation sites is 1. The number of halogens is 3. The maximum atomic E-state index is 13.1. The van der Waals surface area contributed by atoms with Crippen LogP contribution in [0.3, 0.4) is 0 Å². The SMILES string of the molecule is O=C(CN1CCN(C(=O)c2ccc(Cn3ccnc3)cc2)CC1)Nc1ccccc1C(F)(F)F. The number of anilines is 1. The van der Waals surface area contributed by atoms with E-state index in [9.17, 15) is 22.8 Å². The van der Waals surface area contributed by atoms with E-state index in [1.165, 1.54) is 18.2 Å². The van der Waals surface area contributed by atoms with Gasteiger partial charge in [-0.15, -0.1) is 0 Å². The fourth-order valence-electron chi connectivity index (χ4n) is 3.87. The normalized spacial score (nSPS) is 14.7. The summed E-state index contributed by atoms with van der Waals surface area (Å²) < 4.78 is 41.3. The Balaban J connectivity index is 1.27. The summed E-state index contributed by atoms with van der Waals surface area (Å²) in [7, 11) is 0. The molecule has 0 aliphatic carbocycles. The Morgan fingerprint density at radius 3 is 2.32 bits per heavy atom. The summed E-state index contributed by atoms with van der Waals surface area (Å²) in [4.78, 5) is 32.7. The second kappa shape index (κ2) is 10.1. The summed E-state index contributed by atoms with van der Waals surface area (Å²) in [5.74, 6) is -0.609. The number of amides is 2. The lowest BCUT2D eigenvalue weighted by molar-refractivity contribution is -0.137. The van der Waals surface area contributed by atoms with Gasteiger partial charge in [0.1, 0.15) is 0 Å². The van der Waals surface area contributed by atoms with Gasteiger partial charge >= 0.3 is 6.18 Å². The Kier molecular flexibility index (Phi) is 6.97. The molecule has 1 N–H and O–H groups in total. The molecule has 34 heavy (non-hydrogen) atoms. The monoisotopic (exact) mass is 471 g/mol. The van der Waals surface area contributed by atoms with Gasteiger partial charge in [0, 0.05) is 50.7 Å². The summed E-state index contributed by atoms with van der Waals surface area (Å²) in [6, 6.07) is 12.3. The van der Waals surface area contributed by atoms with Crippen LogP contribution >= 0.6 is 0 Å². The Morgan fingerprint density at radius 2 is 1.68 bits per heavy atom. The standard InChI is InChI=1S/C24H24F3N5O2/c25-24(26,27)20-3-1-2-4-21(20)29-22(33)16-30-11-13-32(14-12-30)23(34)19-7-5-18(6-8-19)15-31-10-9-28-17-31/h1-10,17H,11-16H2,(H,29,33). The zero-order chi connectivity index (χ0) is 24.1. The predicted octanol–water partition coefficient (Wildman–Crippen LogP) is 3.35. The predicted molar refractivity (Wildman–Crippen MR) is 120 cm³/mol. The van der Waals surface area contributed by atoms with Crippen LogP contribution in [0.1, 0.15) is 21.5 Å². The Bertz CT molecular complexity index is 1120. The molecule has 0 spiro atoms. The summed E-state index contributed by atoms with van der Waals surface area (Å²) in [5, 5.41) is 2.36. The molecule has 0 radical (unpaired) electrons. The number of carbonyl (C=O) groups excluding carboxylic acids is 2. The molecule has 1 aliphatic heterocycles. The van der Waals surface area contributed by atoms with Crippen molar-refractivity contribution in [1.29, 1.82) is 0 Å². The van der Waals surface area contributed by atoms with E-state index in [0.29, 0.717) is 38.3 Å². The highest BCUT2D eigenvalue weighted by atomic mass is 19.4. The molecule has 2 heterocycles. The van der Waals surface area contributed by atoms with Crippen molar-refractivity contribution in [1.82, 2.24) is 19.4 Å². The molecule has 1 saturated heterocycles. The summed E-state index contributed by atoms with van der Waals surface area (Å²) >= 11 is 0. The highest BCUT2D eigenvalue weighted by Crippen LogP contribution is 2.34. The molecule has 1 fully saturated rings. The third-order valence-electron chi connectivity index (χ3n) is 5.66. The third-order valence-corrected chi connectivity index (χ3v) is 5.66. The highest BCUT2D eigenvalue weighted by Gasteiger charge is 2.33. The largest absolute Gasteiger partial charge is 0.418 e. The van der Waals surface area contributed by atoms with Crippen LogP contribution in [0.25, 0.3) is 0 Å². The van der Waals surface area contributed by atoms with Crippen LogP contribution in [0.5, 0.6) is 0 Å². The van der Waals surface area contributed by atoms with Gasteiger partial charge in [0.2, 0.25) is 5.91 Å². The van der Waals surface area contributed by atoms with Gasteiger partial charge in [-0.25, -0.2) is 4.98 Å². The maximum absolute atomic E-state index is 13.1. The molecule has 1 aromatic heterocycles. The van der Waals surface area contributed by atoms with Gasteiger partial charge in [0.05, 0.1) is 24.1 Å². The molecule has 0 unspecified atom stereocenters. The Morgan fingerprint density at radius 1 is 0.971 bits per heavy atom. The Hall–Kier alpha value is -3.66. The zero-order valence-corrected chi connectivity index (χ0v) is 18.3. The molecule has 178 valence electrons. The number of alkyl halides is 3. The molecular weight excluding hydrogens is 447 g/mol. The van der Waals surface area contributed by atoms with Crippen LogP contribution in [0.4, 0.5) is 18.9 Å². The first-order valence-corrected chi connectivity index (χ1v) is 10.8. The van der Waals surface area contributed by atoms with Crippen molar-refractivity contribution in [3.8, 4) is 0 Å². The summed E-state index contributed by atoms with van der Waals surface area (Å²) in [6.45, 7) is 2.40. The van der Waals surface area contributed by atoms with Crippen LogP contribution < -0.4 is 5.32 Å². The Labute approximate surface area is 194 Å². The molecule has 0 bridgehead atoms. The number of nitrogens with zero attached hydrogens (tertiary/aromatic N) is 4. The third kappa shape index (κ3) is 5.82. The van der Waals surface area contributed by atoms with E-state index < -0.39 is 17.6 Å². The first-order chi connectivity index (χ1) is 16.3. The second-order valence-corrected chi connectivity index (χ2v) is 8.09. The fourth-order valence-corrected chi connectivity index (χ4v) is 3.87. The molecule has 2 amide bonds. The minimum atomic E-state index is -4.55. The summed E-state index contributed by atoms with van der Waals surface area (Å²) in [6.07, 6.45) is 0.762. The number of hydrogen-bond donors (Lipinski definition) is 1. The van der Waals surface area contributed by atoms with Crippen molar-refractivity contribution in [2.75, 3.05) is 38.0 Å². The number of carbonyl (C=O) groups is 2. The molecule has 0 atom stereocenters. The van der Waals surface area contributed by atoms with Gasteiger partial charge < -0.3 is 14.8 Å². The van der Waals surface area contributed by atoms with E-state index in [0.717, 1.165) is 11.6 Å². The lowest BCUT2D eigenvalue weighted by Crippen LogP contribution is -2.50. The van der Waals surface area contributed by atoms with Gasteiger partial charge in [-0.05, 0) is 29.8 Å². The van der Waals surface area contributed by atoms with Crippen LogP contribution in [-0.4, -0.2) is 63.9 Å². The van der Waals surface area contributed by atoms with E-state index in [1.54, 1.807) is 29.6 Å². The van der Waals surface area contributed by atoms with Crippen LogP contribution in [0.15, 0.2) is 67.3 Å². The number of imidazole rings is 1. The molecule has 7 nitrogen and oxygen atoms in total. The van der Waals surface area contributed by atoms with Gasteiger partial charge in [-0.1, -0.05) is 24.3 Å². The van der Waals surface area contributed by atoms with Crippen LogP contribution in [-0.2, 0) is 17.5 Å². The molecular formula is C24H24F3N5O2. The van der Waals surface area contributed by atoms with Gasteiger partial charge in [-0.3, -0.25) is 14.5 Å². The number of aromatic nitrogens is 2. The van der Waals surface area contributed by atoms with E-state index in [1.807, 2.05) is 27.8 Å². The van der Waals surface area contributed by atoms with Crippen molar-refractivity contribution < 1.29 is 22.8 Å². The van der Waals surface area contributed by atoms with Gasteiger partial charge in [0.15, 0.2) is 0 Å². The summed E-state index contributed by atoms with van der Waals surface area (Å²) in [5.41, 5.74) is 0.502. The first-order valence-electron chi connectivity index (χ1n) is 10.8. The topological polar surface area (TPSA) is 70.5 Å². The number of nitrogens with one attached hydrogen (secondary N) is 1. The number of rotatable bonds is 6. The van der Waals surface area contributed by atoms with Crippen molar-refractivity contribution >= 4 is 17.5 Å². The van der Waals surface area contributed by atoms with Crippen LogP contribution in [0.2, 0.25) is 0 Å². The molecule has 4 rings (SSSR count). The van der Waals surface area contributed by atoms with E-state index in [-0.39, 0.29) is 18.1 Å². The number of piperazine rings is 1.